The van der Waals surface area contributed by atoms with Gasteiger partial charge in [-0.15, -0.1) is 11.3 Å². The lowest BCUT2D eigenvalue weighted by molar-refractivity contribution is -0.145. The van der Waals surface area contributed by atoms with Crippen molar-refractivity contribution in [1.29, 1.82) is 0 Å². The smallest absolute Gasteiger partial charge is 0.306 e. The molecule has 2 heterocycles. The standard InChI is InChI=1S/C21H27N3O4S2/c1-4-12-24-19-11-10-17(30(26,27)23(2)3)14-18(19)22-20(24)15-28-21(25)9-5-7-16-8-6-13-29-16/h6,8,10-11,13-14H,4-5,7,9,12,15H2,1-3H3. The second-order valence-electron chi connectivity index (χ2n) is 7.21. The zero-order chi connectivity index (χ0) is 21.7. The highest BCUT2D eigenvalue weighted by atomic mass is 32.2. The normalized spacial score (nSPS) is 12.0. The summed E-state index contributed by atoms with van der Waals surface area (Å²) in [5.41, 5.74) is 1.41. The molecule has 0 unspecified atom stereocenters. The van der Waals surface area contributed by atoms with Crippen LogP contribution in [0.1, 0.15) is 36.9 Å². The van der Waals surface area contributed by atoms with Gasteiger partial charge in [0.1, 0.15) is 12.4 Å². The first kappa shape index (κ1) is 22.5. The maximum Gasteiger partial charge on any atom is 0.306 e. The Labute approximate surface area is 181 Å². The van der Waals surface area contributed by atoms with Crippen molar-refractivity contribution in [2.75, 3.05) is 14.1 Å². The van der Waals surface area contributed by atoms with Gasteiger partial charge in [0.25, 0.3) is 0 Å². The summed E-state index contributed by atoms with van der Waals surface area (Å²) in [5.74, 6) is 0.371. The highest BCUT2D eigenvalue weighted by molar-refractivity contribution is 7.89. The Hall–Kier alpha value is -2.23. The van der Waals surface area contributed by atoms with E-state index in [1.54, 1.807) is 29.5 Å². The number of sulfonamides is 1. The molecule has 0 spiro atoms. The first-order chi connectivity index (χ1) is 14.3. The van der Waals surface area contributed by atoms with E-state index in [2.05, 4.69) is 18.0 Å². The highest BCUT2D eigenvalue weighted by Gasteiger charge is 2.20. The zero-order valence-corrected chi connectivity index (χ0v) is 19.1. The summed E-state index contributed by atoms with van der Waals surface area (Å²) in [6.07, 6.45) is 2.85. The van der Waals surface area contributed by atoms with Gasteiger partial charge >= 0.3 is 5.97 Å². The predicted molar refractivity (Wildman–Crippen MR) is 118 cm³/mol. The lowest BCUT2D eigenvalue weighted by atomic mass is 10.2. The molecular weight excluding hydrogens is 422 g/mol. The van der Waals surface area contributed by atoms with Crippen molar-refractivity contribution in [1.82, 2.24) is 13.9 Å². The molecule has 1 aromatic carbocycles. The van der Waals surface area contributed by atoms with Crippen LogP contribution in [0.2, 0.25) is 0 Å². The number of carbonyl (C=O) groups excluding carboxylic acids is 1. The number of ether oxygens (including phenoxy) is 1. The summed E-state index contributed by atoms with van der Waals surface area (Å²) in [6, 6.07) is 9.00. The number of thiophene rings is 1. The molecule has 0 fully saturated rings. The van der Waals surface area contributed by atoms with E-state index in [1.165, 1.54) is 23.3 Å². The molecule has 0 aliphatic rings. The molecule has 0 aliphatic heterocycles. The quantitative estimate of drug-likeness (QED) is 0.440. The molecule has 162 valence electrons. The number of hydrogen-bond donors (Lipinski definition) is 0. The van der Waals surface area contributed by atoms with Gasteiger partial charge in [0, 0.05) is 31.9 Å². The molecule has 30 heavy (non-hydrogen) atoms. The van der Waals surface area contributed by atoms with Gasteiger partial charge < -0.3 is 9.30 Å². The number of imidazole rings is 1. The van der Waals surface area contributed by atoms with Crippen molar-refractivity contribution in [3.05, 3.63) is 46.4 Å². The zero-order valence-electron chi connectivity index (χ0n) is 17.5. The summed E-state index contributed by atoms with van der Waals surface area (Å²) < 4.78 is 33.5. The van der Waals surface area contributed by atoms with Gasteiger partial charge in [0.2, 0.25) is 10.0 Å². The average molecular weight is 450 g/mol. The minimum Gasteiger partial charge on any atom is -0.458 e. The number of carbonyl (C=O) groups is 1. The van der Waals surface area contributed by atoms with E-state index in [0.29, 0.717) is 24.3 Å². The number of rotatable bonds is 10. The van der Waals surface area contributed by atoms with Crippen LogP contribution < -0.4 is 0 Å². The molecule has 0 N–H and O–H groups in total. The van der Waals surface area contributed by atoms with Gasteiger partial charge in [-0.2, -0.15) is 0 Å². The molecule has 3 rings (SSSR count). The lowest BCUT2D eigenvalue weighted by Crippen LogP contribution is -2.22. The molecule has 7 nitrogen and oxygen atoms in total. The Kier molecular flexibility index (Phi) is 7.27. The van der Waals surface area contributed by atoms with Crippen LogP contribution >= 0.6 is 11.3 Å². The van der Waals surface area contributed by atoms with Crippen LogP contribution in [0.5, 0.6) is 0 Å². The number of aromatic nitrogens is 2. The second-order valence-corrected chi connectivity index (χ2v) is 10.4. The first-order valence-electron chi connectivity index (χ1n) is 9.92. The summed E-state index contributed by atoms with van der Waals surface area (Å²) in [5, 5.41) is 2.03. The molecule has 0 saturated heterocycles. The molecule has 0 atom stereocenters. The summed E-state index contributed by atoms with van der Waals surface area (Å²) in [4.78, 5) is 18.2. The van der Waals surface area contributed by atoms with Crippen LogP contribution in [-0.2, 0) is 39.1 Å². The summed E-state index contributed by atoms with van der Waals surface area (Å²) >= 11 is 1.69. The van der Waals surface area contributed by atoms with Gasteiger partial charge in [-0.3, -0.25) is 4.79 Å². The van der Waals surface area contributed by atoms with Crippen molar-refractivity contribution < 1.29 is 17.9 Å². The van der Waals surface area contributed by atoms with Gasteiger partial charge in [0.05, 0.1) is 15.9 Å². The monoisotopic (exact) mass is 449 g/mol. The van der Waals surface area contributed by atoms with E-state index in [4.69, 9.17) is 4.74 Å². The fourth-order valence-corrected chi connectivity index (χ4v) is 4.87. The molecule has 2 aromatic heterocycles. The van der Waals surface area contributed by atoms with Crippen LogP contribution in [0.4, 0.5) is 0 Å². The number of esters is 1. The molecule has 0 saturated carbocycles. The Morgan fingerprint density at radius 2 is 2.07 bits per heavy atom. The Balaban J connectivity index is 1.72. The van der Waals surface area contributed by atoms with Crippen LogP contribution in [-0.4, -0.2) is 42.3 Å². The number of aryl methyl sites for hydroxylation is 2. The minimum absolute atomic E-state index is 0.0717. The third-order valence-corrected chi connectivity index (χ3v) is 7.52. The fraction of sp³-hybridized carbons (Fsp3) is 0.429. The number of nitrogens with zero attached hydrogens (tertiary/aromatic N) is 3. The van der Waals surface area contributed by atoms with Gasteiger partial charge in [0.15, 0.2) is 0 Å². The van der Waals surface area contributed by atoms with Crippen LogP contribution in [0.3, 0.4) is 0 Å². The topological polar surface area (TPSA) is 81.5 Å². The molecule has 9 heteroatoms. The van der Waals surface area contributed by atoms with E-state index in [0.717, 1.165) is 24.8 Å². The SMILES string of the molecule is CCCn1c(COC(=O)CCCc2cccs2)nc2cc(S(=O)(=O)N(C)C)ccc21. The van der Waals surface area contributed by atoms with Crippen molar-refractivity contribution in [3.63, 3.8) is 0 Å². The number of hydrogen-bond acceptors (Lipinski definition) is 6. The van der Waals surface area contributed by atoms with Gasteiger partial charge in [-0.05, 0) is 48.9 Å². The summed E-state index contributed by atoms with van der Waals surface area (Å²) in [7, 11) is -0.542. The summed E-state index contributed by atoms with van der Waals surface area (Å²) in [6.45, 7) is 2.83. The van der Waals surface area contributed by atoms with E-state index < -0.39 is 10.0 Å². The van der Waals surface area contributed by atoms with Crippen molar-refractivity contribution in [2.45, 2.75) is 50.7 Å². The average Bonchev–Trinajstić information content (AvgIpc) is 3.34. The highest BCUT2D eigenvalue weighted by Crippen LogP contribution is 2.23. The molecule has 0 bridgehead atoms. The van der Waals surface area contributed by atoms with Crippen molar-refractivity contribution >= 4 is 38.4 Å². The largest absolute Gasteiger partial charge is 0.458 e. The second kappa shape index (κ2) is 9.72. The number of fused-ring (bicyclic) bond motifs is 1. The first-order valence-corrected chi connectivity index (χ1v) is 12.2. The third kappa shape index (κ3) is 5.08. The predicted octanol–water partition coefficient (Wildman–Crippen LogP) is 3.82. The van der Waals surface area contributed by atoms with Crippen molar-refractivity contribution in [2.24, 2.45) is 0 Å². The van der Waals surface area contributed by atoms with Gasteiger partial charge in [-0.25, -0.2) is 17.7 Å². The Morgan fingerprint density at radius 3 is 2.73 bits per heavy atom. The lowest BCUT2D eigenvalue weighted by Gasteiger charge is -2.11. The molecular formula is C21H27N3O4S2. The van der Waals surface area contributed by atoms with Crippen LogP contribution in [0.25, 0.3) is 11.0 Å². The van der Waals surface area contributed by atoms with E-state index in [-0.39, 0.29) is 17.5 Å². The Morgan fingerprint density at radius 1 is 1.27 bits per heavy atom. The maximum absolute atomic E-state index is 12.4. The molecule has 0 amide bonds. The van der Waals surface area contributed by atoms with Gasteiger partial charge in [-0.1, -0.05) is 13.0 Å². The molecule has 0 aliphatic carbocycles. The maximum atomic E-state index is 12.4. The van der Waals surface area contributed by atoms with E-state index in [9.17, 15) is 13.2 Å². The fourth-order valence-electron chi connectivity index (χ4n) is 3.19. The third-order valence-electron chi connectivity index (χ3n) is 4.77. The minimum atomic E-state index is -3.54. The van der Waals surface area contributed by atoms with Crippen LogP contribution in [0, 0.1) is 0 Å². The Bertz CT molecular complexity index is 1100. The van der Waals surface area contributed by atoms with E-state index in [1.807, 2.05) is 16.0 Å². The van der Waals surface area contributed by atoms with Crippen LogP contribution in [0.15, 0.2) is 40.6 Å². The molecule has 0 radical (unpaired) electrons. The number of benzene rings is 1. The van der Waals surface area contributed by atoms with Crippen molar-refractivity contribution in [3.8, 4) is 0 Å². The molecule has 3 aromatic rings. The van der Waals surface area contributed by atoms with E-state index >= 15 is 0 Å².